The van der Waals surface area contributed by atoms with Gasteiger partial charge >= 0.3 is 0 Å². The van der Waals surface area contributed by atoms with Crippen LogP contribution < -0.4 is 5.56 Å². The lowest BCUT2D eigenvalue weighted by Crippen LogP contribution is -2.17. The highest BCUT2D eigenvalue weighted by Gasteiger charge is 2.09. The molecule has 0 bridgehead atoms. The molecule has 0 spiro atoms. The molecule has 0 saturated carbocycles. The molecule has 1 aromatic heterocycles. The van der Waals surface area contributed by atoms with Crippen LogP contribution in [-0.4, -0.2) is 9.55 Å². The minimum absolute atomic E-state index is 0.0856. The molecule has 0 fully saturated rings. The summed E-state index contributed by atoms with van der Waals surface area (Å²) < 4.78 is 1.42. The van der Waals surface area contributed by atoms with Crippen LogP contribution in [0.3, 0.4) is 0 Å². The van der Waals surface area contributed by atoms with Crippen molar-refractivity contribution in [3.05, 3.63) is 22.1 Å². The fourth-order valence-corrected chi connectivity index (χ4v) is 0.973. The second kappa shape index (κ2) is 1.98. The normalized spacial score (nSPS) is 13.5. The van der Waals surface area contributed by atoms with Crippen LogP contribution in [0.2, 0.25) is 0 Å². The van der Waals surface area contributed by atoms with Crippen LogP contribution in [0, 0.1) is 6.92 Å². The monoisotopic (exact) mass is 150 g/mol. The van der Waals surface area contributed by atoms with Crippen molar-refractivity contribution in [1.82, 2.24) is 9.55 Å². The van der Waals surface area contributed by atoms with Crippen molar-refractivity contribution in [1.29, 1.82) is 0 Å². The number of hydrogen-bond acceptors (Lipinski definition) is 4. The highest BCUT2D eigenvalue weighted by molar-refractivity contribution is 5.19. The van der Waals surface area contributed by atoms with Crippen LogP contribution in [0.5, 0.6) is 0 Å². The first kappa shape index (κ1) is 6.21. The van der Waals surface area contributed by atoms with Gasteiger partial charge in [0.05, 0.1) is 0 Å². The van der Waals surface area contributed by atoms with E-state index in [0.717, 1.165) is 0 Å². The van der Waals surface area contributed by atoms with Crippen LogP contribution in [-0.2, 0) is 6.67 Å². The number of hydrogen-bond donors (Lipinski definition) is 0. The average molecular weight is 150 g/mol. The predicted octanol–water partition coefficient (Wildman–Crippen LogP) is 0.607. The van der Waals surface area contributed by atoms with Crippen molar-refractivity contribution < 1.29 is 0 Å². The van der Waals surface area contributed by atoms with E-state index in [1.165, 1.54) is 10.6 Å². The summed E-state index contributed by atoms with van der Waals surface area (Å²) in [5, 5.41) is 7.38. The Kier molecular flexibility index (Phi) is 1.12. The number of fused-ring (bicyclic) bond motifs is 1. The SMILES string of the molecule is Cc1cc(=O)n2c(n1)N=NC2. The summed E-state index contributed by atoms with van der Waals surface area (Å²) in [6, 6.07) is 1.47. The third-order valence-electron chi connectivity index (χ3n) is 1.48. The molecule has 0 aliphatic carbocycles. The molecule has 5 heteroatoms. The molecule has 0 radical (unpaired) electrons. The Morgan fingerprint density at radius 1 is 1.64 bits per heavy atom. The molecule has 1 aromatic rings. The molecular weight excluding hydrogens is 144 g/mol. The second-order valence-corrected chi connectivity index (χ2v) is 2.35. The Balaban J connectivity index is 2.76. The number of azo groups is 1. The Labute approximate surface area is 62.4 Å². The van der Waals surface area contributed by atoms with Crippen LogP contribution in [0.1, 0.15) is 5.69 Å². The lowest BCUT2D eigenvalue weighted by Gasteiger charge is -1.97. The summed E-state index contributed by atoms with van der Waals surface area (Å²) in [6.45, 7) is 2.07. The Morgan fingerprint density at radius 3 is 3.27 bits per heavy atom. The largest absolute Gasteiger partial charge is 0.269 e. The Hall–Kier alpha value is -1.52. The highest BCUT2D eigenvalue weighted by Crippen LogP contribution is 2.12. The molecule has 2 rings (SSSR count). The summed E-state index contributed by atoms with van der Waals surface area (Å²) in [5.74, 6) is 0.412. The molecule has 5 nitrogen and oxygen atoms in total. The van der Waals surface area contributed by atoms with Crippen LogP contribution in [0.25, 0.3) is 0 Å². The number of aryl methyl sites for hydroxylation is 1. The topological polar surface area (TPSA) is 59.6 Å². The van der Waals surface area contributed by atoms with Gasteiger partial charge in [-0.05, 0) is 6.92 Å². The van der Waals surface area contributed by atoms with Crippen molar-refractivity contribution in [2.75, 3.05) is 0 Å². The van der Waals surface area contributed by atoms with E-state index in [2.05, 4.69) is 15.2 Å². The average Bonchev–Trinajstić information content (AvgIpc) is 2.34. The van der Waals surface area contributed by atoms with E-state index < -0.39 is 0 Å². The number of nitrogens with zero attached hydrogens (tertiary/aromatic N) is 4. The van der Waals surface area contributed by atoms with Crippen molar-refractivity contribution >= 4 is 5.95 Å². The van der Waals surface area contributed by atoms with Crippen molar-refractivity contribution in [3.63, 3.8) is 0 Å². The maximum atomic E-state index is 11.1. The molecule has 2 heterocycles. The summed E-state index contributed by atoms with van der Waals surface area (Å²) in [5.41, 5.74) is 0.597. The first-order valence-electron chi connectivity index (χ1n) is 3.23. The van der Waals surface area contributed by atoms with Crippen LogP contribution >= 0.6 is 0 Å². The van der Waals surface area contributed by atoms with Gasteiger partial charge in [-0.1, -0.05) is 0 Å². The molecule has 1 aliphatic heterocycles. The predicted molar refractivity (Wildman–Crippen MR) is 37.8 cm³/mol. The quantitative estimate of drug-likeness (QED) is 0.543. The van der Waals surface area contributed by atoms with E-state index in [-0.39, 0.29) is 5.56 Å². The first-order valence-corrected chi connectivity index (χ1v) is 3.23. The van der Waals surface area contributed by atoms with E-state index in [1.807, 2.05) is 0 Å². The highest BCUT2D eigenvalue weighted by atomic mass is 16.1. The van der Waals surface area contributed by atoms with Gasteiger partial charge in [0.15, 0.2) is 0 Å². The molecule has 1 aliphatic rings. The van der Waals surface area contributed by atoms with Gasteiger partial charge in [-0.15, -0.1) is 5.11 Å². The molecular formula is C6H6N4O. The maximum Gasteiger partial charge on any atom is 0.256 e. The van der Waals surface area contributed by atoms with Crippen molar-refractivity contribution in [2.24, 2.45) is 10.2 Å². The smallest absolute Gasteiger partial charge is 0.256 e. The zero-order chi connectivity index (χ0) is 7.84. The van der Waals surface area contributed by atoms with Crippen LogP contribution in [0.15, 0.2) is 21.1 Å². The Morgan fingerprint density at radius 2 is 2.45 bits per heavy atom. The van der Waals surface area contributed by atoms with Crippen molar-refractivity contribution in [2.45, 2.75) is 13.6 Å². The fourth-order valence-electron chi connectivity index (χ4n) is 0.973. The number of aromatic nitrogens is 2. The van der Waals surface area contributed by atoms with Crippen LogP contribution in [0.4, 0.5) is 5.95 Å². The minimum atomic E-state index is -0.0856. The molecule has 11 heavy (non-hydrogen) atoms. The molecule has 0 saturated heterocycles. The lowest BCUT2D eigenvalue weighted by atomic mass is 10.4. The van der Waals surface area contributed by atoms with E-state index >= 15 is 0 Å². The standard InChI is InChI=1S/C6H6N4O/c1-4-2-5(11)10-3-7-9-6(10)8-4/h2H,3H2,1H3. The fraction of sp³-hybridized carbons (Fsp3) is 0.333. The van der Waals surface area contributed by atoms with Gasteiger partial charge in [-0.25, -0.2) is 4.98 Å². The van der Waals surface area contributed by atoms with Gasteiger partial charge < -0.3 is 0 Å². The number of rotatable bonds is 0. The van der Waals surface area contributed by atoms with Gasteiger partial charge in [0.25, 0.3) is 11.5 Å². The van der Waals surface area contributed by atoms with Gasteiger partial charge in [0, 0.05) is 11.8 Å². The van der Waals surface area contributed by atoms with Gasteiger partial charge in [0.1, 0.15) is 6.67 Å². The zero-order valence-electron chi connectivity index (χ0n) is 5.98. The van der Waals surface area contributed by atoms with Gasteiger partial charge in [-0.3, -0.25) is 9.36 Å². The maximum absolute atomic E-state index is 11.1. The minimum Gasteiger partial charge on any atom is -0.269 e. The van der Waals surface area contributed by atoms with E-state index in [4.69, 9.17) is 0 Å². The Bertz CT molecular complexity index is 379. The lowest BCUT2D eigenvalue weighted by molar-refractivity contribution is 0.731. The van der Waals surface area contributed by atoms with E-state index in [1.54, 1.807) is 6.92 Å². The third-order valence-corrected chi connectivity index (χ3v) is 1.48. The van der Waals surface area contributed by atoms with Gasteiger partial charge in [-0.2, -0.15) is 5.11 Å². The molecule has 0 N–H and O–H groups in total. The van der Waals surface area contributed by atoms with Gasteiger partial charge in [0.2, 0.25) is 0 Å². The molecule has 0 aromatic carbocycles. The summed E-state index contributed by atoms with van der Waals surface area (Å²) >= 11 is 0. The summed E-state index contributed by atoms with van der Waals surface area (Å²) in [7, 11) is 0. The second-order valence-electron chi connectivity index (χ2n) is 2.35. The zero-order valence-corrected chi connectivity index (χ0v) is 5.98. The van der Waals surface area contributed by atoms with E-state index in [9.17, 15) is 4.79 Å². The molecule has 0 atom stereocenters. The van der Waals surface area contributed by atoms with Crippen molar-refractivity contribution in [3.8, 4) is 0 Å². The summed E-state index contributed by atoms with van der Waals surface area (Å²) in [4.78, 5) is 15.2. The third kappa shape index (κ3) is 0.849. The first-order chi connectivity index (χ1) is 5.27. The molecule has 0 amide bonds. The molecule has 56 valence electrons. The van der Waals surface area contributed by atoms with E-state index in [0.29, 0.717) is 18.3 Å². The molecule has 0 unspecified atom stereocenters. The summed E-state index contributed by atoms with van der Waals surface area (Å²) in [6.07, 6.45) is 0.